The molecule has 0 aromatic heterocycles. The highest BCUT2D eigenvalue weighted by Gasteiger charge is 2.53. The molecular formula is C13H21N3O3. The minimum atomic E-state index is -0.574. The number of hydrogen-bond donors (Lipinski definition) is 2. The van der Waals surface area contributed by atoms with Crippen molar-refractivity contribution in [1.82, 2.24) is 10.2 Å². The third kappa shape index (κ3) is 2.40. The van der Waals surface area contributed by atoms with Gasteiger partial charge < -0.3 is 10.5 Å². The molecular weight excluding hydrogens is 246 g/mol. The van der Waals surface area contributed by atoms with Crippen LogP contribution in [0.5, 0.6) is 0 Å². The maximum atomic E-state index is 12.2. The summed E-state index contributed by atoms with van der Waals surface area (Å²) in [4.78, 5) is 25.8. The lowest BCUT2D eigenvalue weighted by molar-refractivity contribution is -0.146. The van der Waals surface area contributed by atoms with Gasteiger partial charge in [0.15, 0.2) is 0 Å². The molecule has 3 aliphatic rings. The minimum absolute atomic E-state index is 0.0552. The summed E-state index contributed by atoms with van der Waals surface area (Å²) in [5.74, 6) is -0.352. The predicted molar refractivity (Wildman–Crippen MR) is 68.2 cm³/mol. The third-order valence-corrected chi connectivity index (χ3v) is 4.51. The molecule has 0 radical (unpaired) electrons. The van der Waals surface area contributed by atoms with Gasteiger partial charge in [-0.3, -0.25) is 19.8 Å². The van der Waals surface area contributed by atoms with Crippen molar-refractivity contribution in [2.45, 2.75) is 31.3 Å². The summed E-state index contributed by atoms with van der Waals surface area (Å²) >= 11 is 0. The van der Waals surface area contributed by atoms with E-state index in [1.165, 1.54) is 0 Å². The molecule has 6 heteroatoms. The number of piperidine rings is 1. The number of rotatable bonds is 2. The summed E-state index contributed by atoms with van der Waals surface area (Å²) in [6.45, 7) is 3.27. The van der Waals surface area contributed by atoms with E-state index in [1.54, 1.807) is 0 Å². The van der Waals surface area contributed by atoms with Crippen LogP contribution in [0.4, 0.5) is 0 Å². The van der Waals surface area contributed by atoms with Crippen LogP contribution in [0.15, 0.2) is 0 Å². The van der Waals surface area contributed by atoms with Crippen molar-refractivity contribution in [3.8, 4) is 0 Å². The number of nitrogens with two attached hydrogens (primary N) is 1. The molecule has 6 nitrogen and oxygen atoms in total. The Bertz CT molecular complexity index is 408. The van der Waals surface area contributed by atoms with E-state index in [4.69, 9.17) is 10.5 Å². The Kier molecular flexibility index (Phi) is 3.11. The molecule has 3 rings (SSSR count). The van der Waals surface area contributed by atoms with Gasteiger partial charge in [0.2, 0.25) is 11.8 Å². The second kappa shape index (κ2) is 4.54. The van der Waals surface area contributed by atoms with Crippen LogP contribution in [0.25, 0.3) is 0 Å². The zero-order valence-electron chi connectivity index (χ0n) is 11.1. The van der Waals surface area contributed by atoms with Gasteiger partial charge in [0, 0.05) is 32.6 Å². The van der Waals surface area contributed by atoms with E-state index in [2.05, 4.69) is 10.2 Å². The van der Waals surface area contributed by atoms with Crippen LogP contribution >= 0.6 is 0 Å². The monoisotopic (exact) mass is 267 g/mol. The van der Waals surface area contributed by atoms with Crippen molar-refractivity contribution in [3.63, 3.8) is 0 Å². The summed E-state index contributed by atoms with van der Waals surface area (Å²) in [5, 5.41) is 2.46. The number of carbonyl (C=O) groups excluding carboxylic acids is 2. The first-order valence-corrected chi connectivity index (χ1v) is 6.98. The van der Waals surface area contributed by atoms with Gasteiger partial charge in [0.05, 0.1) is 17.6 Å². The Morgan fingerprint density at radius 3 is 2.68 bits per heavy atom. The van der Waals surface area contributed by atoms with E-state index in [-0.39, 0.29) is 17.4 Å². The highest BCUT2D eigenvalue weighted by molar-refractivity contribution is 6.00. The molecule has 2 spiro atoms. The average molecular weight is 267 g/mol. The van der Waals surface area contributed by atoms with Crippen LogP contribution in [0.1, 0.15) is 25.7 Å². The van der Waals surface area contributed by atoms with Crippen LogP contribution in [0.3, 0.4) is 0 Å². The molecule has 2 saturated heterocycles. The zero-order chi connectivity index (χ0) is 13.5. The van der Waals surface area contributed by atoms with E-state index in [1.807, 2.05) is 0 Å². The van der Waals surface area contributed by atoms with Crippen LogP contribution in [0.2, 0.25) is 0 Å². The van der Waals surface area contributed by atoms with Gasteiger partial charge in [-0.05, 0) is 19.3 Å². The van der Waals surface area contributed by atoms with E-state index >= 15 is 0 Å². The molecule has 2 heterocycles. The smallest absolute Gasteiger partial charge is 0.236 e. The quantitative estimate of drug-likeness (QED) is 0.642. The molecule has 1 unspecified atom stereocenters. The fraction of sp³-hybridized carbons (Fsp3) is 0.846. The van der Waals surface area contributed by atoms with Gasteiger partial charge in [-0.15, -0.1) is 0 Å². The van der Waals surface area contributed by atoms with Crippen molar-refractivity contribution >= 4 is 11.8 Å². The van der Waals surface area contributed by atoms with Gasteiger partial charge in [-0.2, -0.15) is 0 Å². The first-order chi connectivity index (χ1) is 9.07. The molecule has 3 N–H and O–H groups in total. The second-order valence-electron chi connectivity index (χ2n) is 6.13. The lowest BCUT2D eigenvalue weighted by atomic mass is 9.80. The summed E-state index contributed by atoms with van der Waals surface area (Å²) in [5.41, 5.74) is 5.03. The predicted octanol–water partition coefficient (Wildman–Crippen LogP) is -0.767. The topological polar surface area (TPSA) is 84.7 Å². The number of carbonyl (C=O) groups is 2. The van der Waals surface area contributed by atoms with E-state index in [9.17, 15) is 9.59 Å². The molecule has 106 valence electrons. The number of amides is 2. The molecule has 3 fully saturated rings. The van der Waals surface area contributed by atoms with E-state index < -0.39 is 5.41 Å². The lowest BCUT2D eigenvalue weighted by Crippen LogP contribution is -2.55. The van der Waals surface area contributed by atoms with Crippen LogP contribution < -0.4 is 11.1 Å². The van der Waals surface area contributed by atoms with Gasteiger partial charge in [-0.25, -0.2) is 0 Å². The average Bonchev–Trinajstić information content (AvgIpc) is 3.14. The highest BCUT2D eigenvalue weighted by Crippen LogP contribution is 2.45. The number of ether oxygens (including phenoxy) is 1. The summed E-state index contributed by atoms with van der Waals surface area (Å²) in [6.07, 6.45) is 3.10. The zero-order valence-corrected chi connectivity index (χ0v) is 11.1. The normalized spacial score (nSPS) is 34.4. The van der Waals surface area contributed by atoms with Crippen molar-refractivity contribution < 1.29 is 14.3 Å². The molecule has 2 amide bonds. The van der Waals surface area contributed by atoms with Gasteiger partial charge >= 0.3 is 0 Å². The van der Waals surface area contributed by atoms with Gasteiger partial charge in [-0.1, -0.05) is 0 Å². The number of nitrogens with zero attached hydrogens (tertiary/aromatic N) is 1. The summed E-state index contributed by atoms with van der Waals surface area (Å²) < 4.78 is 6.02. The first-order valence-electron chi connectivity index (χ1n) is 6.98. The van der Waals surface area contributed by atoms with Gasteiger partial charge in [0.25, 0.3) is 0 Å². The third-order valence-electron chi connectivity index (χ3n) is 4.51. The first kappa shape index (κ1) is 13.0. The van der Waals surface area contributed by atoms with Crippen molar-refractivity contribution in [2.24, 2.45) is 11.1 Å². The molecule has 0 bridgehead atoms. The molecule has 19 heavy (non-hydrogen) atoms. The minimum Gasteiger partial charge on any atom is -0.372 e. The number of nitrogens with one attached hydrogen (secondary N) is 1. The summed E-state index contributed by atoms with van der Waals surface area (Å²) in [7, 11) is 0. The van der Waals surface area contributed by atoms with E-state index in [0.717, 1.165) is 25.9 Å². The van der Waals surface area contributed by atoms with E-state index in [0.29, 0.717) is 32.5 Å². The highest BCUT2D eigenvalue weighted by atomic mass is 16.5. The summed E-state index contributed by atoms with van der Waals surface area (Å²) in [6, 6.07) is 0. The fourth-order valence-electron chi connectivity index (χ4n) is 3.13. The van der Waals surface area contributed by atoms with Crippen LogP contribution in [0, 0.1) is 5.41 Å². The number of imide groups is 1. The second-order valence-corrected chi connectivity index (χ2v) is 6.13. The van der Waals surface area contributed by atoms with Crippen molar-refractivity contribution in [2.75, 3.05) is 32.8 Å². The molecule has 1 aliphatic carbocycles. The Hall–Kier alpha value is -0.980. The van der Waals surface area contributed by atoms with Gasteiger partial charge in [0.1, 0.15) is 0 Å². The standard InChI is InChI=1S/C13H21N3O3/c14-5-6-16-7-12(2-1-10(17)15-11(12)18)9-19-13(8-16)3-4-13/h1-9,14H2,(H,15,17,18). The Balaban J connectivity index is 1.80. The maximum absolute atomic E-state index is 12.2. The molecule has 1 atom stereocenters. The van der Waals surface area contributed by atoms with Crippen molar-refractivity contribution in [3.05, 3.63) is 0 Å². The SMILES string of the molecule is NCCN1CC2(CC2)OCC2(CCC(=O)NC2=O)C1. The maximum Gasteiger partial charge on any atom is 0.236 e. The fourth-order valence-corrected chi connectivity index (χ4v) is 3.13. The molecule has 0 aromatic carbocycles. The van der Waals surface area contributed by atoms with Crippen molar-refractivity contribution in [1.29, 1.82) is 0 Å². The lowest BCUT2D eigenvalue weighted by Gasteiger charge is -2.36. The largest absolute Gasteiger partial charge is 0.372 e. The molecule has 0 aromatic rings. The molecule has 1 saturated carbocycles. The van der Waals surface area contributed by atoms with Crippen LogP contribution in [-0.4, -0.2) is 55.1 Å². The Morgan fingerprint density at radius 1 is 1.26 bits per heavy atom. The molecule has 2 aliphatic heterocycles. The number of hydrogen-bond acceptors (Lipinski definition) is 5. The Morgan fingerprint density at radius 2 is 2.05 bits per heavy atom. The van der Waals surface area contributed by atoms with Crippen LogP contribution in [-0.2, 0) is 14.3 Å². The Labute approximate surface area is 112 Å².